The van der Waals surface area contributed by atoms with Gasteiger partial charge >= 0.3 is 0 Å². The fourth-order valence-corrected chi connectivity index (χ4v) is 3.34. The molecule has 1 aliphatic carbocycles. The number of rotatable bonds is 5. The van der Waals surface area contributed by atoms with Crippen molar-refractivity contribution in [2.24, 2.45) is 13.0 Å². The highest BCUT2D eigenvalue weighted by Crippen LogP contribution is 2.37. The molecule has 6 nitrogen and oxygen atoms in total. The molecule has 116 valence electrons. The zero-order valence-electron chi connectivity index (χ0n) is 12.5. The van der Waals surface area contributed by atoms with Gasteiger partial charge in [-0.25, -0.2) is 0 Å². The second-order valence-corrected chi connectivity index (χ2v) is 6.36. The zero-order chi connectivity index (χ0) is 14.8. The van der Waals surface area contributed by atoms with Gasteiger partial charge in [0.2, 0.25) is 5.91 Å². The number of hydrogen-bond acceptors (Lipinski definition) is 4. The van der Waals surface area contributed by atoms with Crippen molar-refractivity contribution in [1.29, 1.82) is 0 Å². The van der Waals surface area contributed by atoms with Gasteiger partial charge < -0.3 is 10.4 Å². The monoisotopic (exact) mass is 292 g/mol. The fraction of sp³-hybridized carbons (Fsp3) is 0.733. The van der Waals surface area contributed by atoms with Crippen molar-refractivity contribution in [2.45, 2.75) is 37.8 Å². The Hall–Kier alpha value is -1.40. The van der Waals surface area contributed by atoms with E-state index < -0.39 is 0 Å². The van der Waals surface area contributed by atoms with E-state index in [-0.39, 0.29) is 18.1 Å². The molecule has 0 bridgehead atoms. The van der Waals surface area contributed by atoms with Crippen LogP contribution in [-0.2, 0) is 11.8 Å². The molecular weight excluding hydrogens is 268 g/mol. The first-order chi connectivity index (χ1) is 10.1. The number of nitrogens with zero attached hydrogens (tertiary/aromatic N) is 3. The smallest absolute Gasteiger partial charge is 0.234 e. The maximum absolute atomic E-state index is 12.3. The van der Waals surface area contributed by atoms with Crippen LogP contribution < -0.4 is 5.32 Å². The molecule has 1 amide bonds. The van der Waals surface area contributed by atoms with Crippen molar-refractivity contribution in [1.82, 2.24) is 20.0 Å². The van der Waals surface area contributed by atoms with E-state index in [1.165, 1.54) is 12.8 Å². The molecule has 1 aromatic heterocycles. The standard InChI is InChI=1S/C15H24N4O2/c1-18-9-12(8-16-18)15(11-6-13(20)7-11)17-14(21)10-19-4-2-3-5-19/h8-9,11,13,15,20H,2-7,10H2,1H3,(H,17,21). The molecule has 6 heteroatoms. The lowest BCUT2D eigenvalue weighted by Gasteiger charge is -2.37. The number of hydrogen-bond donors (Lipinski definition) is 2. The number of carbonyl (C=O) groups excluding carboxylic acids is 1. The first-order valence-corrected chi connectivity index (χ1v) is 7.80. The number of aryl methyl sites for hydroxylation is 1. The van der Waals surface area contributed by atoms with Crippen molar-refractivity contribution in [3.05, 3.63) is 18.0 Å². The summed E-state index contributed by atoms with van der Waals surface area (Å²) in [5.74, 6) is 0.388. The summed E-state index contributed by atoms with van der Waals surface area (Å²) in [6, 6.07) is -0.0304. The topological polar surface area (TPSA) is 70.4 Å². The second-order valence-electron chi connectivity index (χ2n) is 6.36. The third kappa shape index (κ3) is 3.44. The Morgan fingerprint density at radius 3 is 2.76 bits per heavy atom. The lowest BCUT2D eigenvalue weighted by Crippen LogP contribution is -2.44. The highest BCUT2D eigenvalue weighted by molar-refractivity contribution is 5.78. The summed E-state index contributed by atoms with van der Waals surface area (Å²) in [4.78, 5) is 14.5. The van der Waals surface area contributed by atoms with Gasteiger partial charge in [0.05, 0.1) is 24.9 Å². The normalized spacial score (nSPS) is 27.3. The Morgan fingerprint density at radius 1 is 1.48 bits per heavy atom. The summed E-state index contributed by atoms with van der Waals surface area (Å²) in [5.41, 5.74) is 1.03. The minimum Gasteiger partial charge on any atom is -0.393 e. The van der Waals surface area contributed by atoms with Crippen LogP contribution in [0.5, 0.6) is 0 Å². The Bertz CT molecular complexity index is 490. The van der Waals surface area contributed by atoms with Crippen LogP contribution in [0, 0.1) is 5.92 Å². The predicted octanol–water partition coefficient (Wildman–Crippen LogP) is 0.444. The summed E-state index contributed by atoms with van der Waals surface area (Å²) < 4.78 is 1.75. The van der Waals surface area contributed by atoms with Crippen LogP contribution in [0.25, 0.3) is 0 Å². The van der Waals surface area contributed by atoms with Gasteiger partial charge in [-0.3, -0.25) is 14.4 Å². The quantitative estimate of drug-likeness (QED) is 0.826. The SMILES string of the molecule is Cn1cc(C(NC(=O)CN2CCCC2)C2CC(O)C2)cn1. The van der Waals surface area contributed by atoms with Crippen molar-refractivity contribution in [3.8, 4) is 0 Å². The summed E-state index contributed by atoms with van der Waals surface area (Å²) in [6.45, 7) is 2.52. The van der Waals surface area contributed by atoms with Gasteiger partial charge in [-0.2, -0.15) is 5.10 Å². The van der Waals surface area contributed by atoms with Gasteiger partial charge in [-0.1, -0.05) is 0 Å². The summed E-state index contributed by atoms with van der Waals surface area (Å²) >= 11 is 0. The number of aliphatic hydroxyl groups is 1. The molecular formula is C15H24N4O2. The van der Waals surface area contributed by atoms with E-state index >= 15 is 0 Å². The minimum absolute atomic E-state index is 0.0304. The van der Waals surface area contributed by atoms with Crippen LogP contribution in [-0.4, -0.2) is 51.4 Å². The van der Waals surface area contributed by atoms with Crippen LogP contribution in [0.2, 0.25) is 0 Å². The average molecular weight is 292 g/mol. The predicted molar refractivity (Wildman–Crippen MR) is 78.5 cm³/mol. The molecule has 0 spiro atoms. The molecule has 2 fully saturated rings. The first kappa shape index (κ1) is 14.5. The Kier molecular flexibility index (Phi) is 4.26. The highest BCUT2D eigenvalue weighted by Gasteiger charge is 2.36. The zero-order valence-corrected chi connectivity index (χ0v) is 12.5. The van der Waals surface area contributed by atoms with Crippen molar-refractivity contribution >= 4 is 5.91 Å². The van der Waals surface area contributed by atoms with Gasteiger partial charge in [0.15, 0.2) is 0 Å². The molecule has 1 saturated heterocycles. The number of carbonyl (C=O) groups is 1. The Morgan fingerprint density at radius 2 is 2.19 bits per heavy atom. The van der Waals surface area contributed by atoms with Crippen molar-refractivity contribution < 1.29 is 9.90 Å². The van der Waals surface area contributed by atoms with Crippen LogP contribution in [0.15, 0.2) is 12.4 Å². The van der Waals surface area contributed by atoms with Gasteiger partial charge in [0.25, 0.3) is 0 Å². The van der Waals surface area contributed by atoms with E-state index in [4.69, 9.17) is 0 Å². The summed E-state index contributed by atoms with van der Waals surface area (Å²) in [5, 5.41) is 16.9. The number of aromatic nitrogens is 2. The lowest BCUT2D eigenvalue weighted by atomic mass is 9.75. The highest BCUT2D eigenvalue weighted by atomic mass is 16.3. The molecule has 21 heavy (non-hydrogen) atoms. The van der Waals surface area contributed by atoms with E-state index in [9.17, 15) is 9.90 Å². The number of aliphatic hydroxyl groups excluding tert-OH is 1. The van der Waals surface area contributed by atoms with E-state index in [0.29, 0.717) is 12.5 Å². The Labute approximate surface area is 125 Å². The average Bonchev–Trinajstić information content (AvgIpc) is 3.04. The Balaban J connectivity index is 1.62. The van der Waals surface area contributed by atoms with E-state index in [2.05, 4.69) is 15.3 Å². The summed E-state index contributed by atoms with van der Waals surface area (Å²) in [6.07, 6.45) is 7.43. The molecule has 2 aliphatic rings. The molecule has 1 saturated carbocycles. The molecule has 1 aliphatic heterocycles. The third-order valence-electron chi connectivity index (χ3n) is 4.59. The number of nitrogens with one attached hydrogen (secondary N) is 1. The lowest BCUT2D eigenvalue weighted by molar-refractivity contribution is -0.124. The number of likely N-dealkylation sites (tertiary alicyclic amines) is 1. The first-order valence-electron chi connectivity index (χ1n) is 7.80. The van der Waals surface area contributed by atoms with E-state index in [1.54, 1.807) is 4.68 Å². The molecule has 1 aromatic rings. The largest absolute Gasteiger partial charge is 0.393 e. The van der Waals surface area contributed by atoms with E-state index in [1.807, 2.05) is 19.4 Å². The van der Waals surface area contributed by atoms with E-state index in [0.717, 1.165) is 31.5 Å². The summed E-state index contributed by atoms with van der Waals surface area (Å²) in [7, 11) is 1.88. The van der Waals surface area contributed by atoms with Crippen LogP contribution in [0.3, 0.4) is 0 Å². The molecule has 2 heterocycles. The maximum atomic E-state index is 12.3. The van der Waals surface area contributed by atoms with Gasteiger partial charge in [-0.05, 0) is 44.7 Å². The van der Waals surface area contributed by atoms with Gasteiger partial charge in [-0.15, -0.1) is 0 Å². The maximum Gasteiger partial charge on any atom is 0.234 e. The molecule has 1 atom stereocenters. The molecule has 0 radical (unpaired) electrons. The van der Waals surface area contributed by atoms with Gasteiger partial charge in [0.1, 0.15) is 0 Å². The van der Waals surface area contributed by atoms with Crippen LogP contribution in [0.1, 0.15) is 37.3 Å². The van der Waals surface area contributed by atoms with Crippen LogP contribution >= 0.6 is 0 Å². The van der Waals surface area contributed by atoms with Crippen molar-refractivity contribution in [2.75, 3.05) is 19.6 Å². The number of amides is 1. The second kappa shape index (κ2) is 6.15. The molecule has 2 N–H and O–H groups in total. The molecule has 3 rings (SSSR count). The van der Waals surface area contributed by atoms with Crippen molar-refractivity contribution in [3.63, 3.8) is 0 Å². The molecule has 0 aromatic carbocycles. The fourth-order valence-electron chi connectivity index (χ4n) is 3.34. The van der Waals surface area contributed by atoms with Gasteiger partial charge in [0, 0.05) is 18.8 Å². The minimum atomic E-state index is -0.218. The van der Waals surface area contributed by atoms with Crippen LogP contribution in [0.4, 0.5) is 0 Å². The third-order valence-corrected chi connectivity index (χ3v) is 4.59. The molecule has 1 unspecified atom stereocenters.